The van der Waals surface area contributed by atoms with Gasteiger partial charge in [0.1, 0.15) is 0 Å². The molecular weight excluding hydrogens is 296 g/mol. The molecule has 6 heteroatoms. The normalized spacial score (nSPS) is 21.0. The first-order valence-corrected chi connectivity index (χ1v) is 7.77. The predicted molar refractivity (Wildman–Crippen MR) is 86.4 cm³/mol. The van der Waals surface area contributed by atoms with E-state index >= 15 is 0 Å². The van der Waals surface area contributed by atoms with Crippen molar-refractivity contribution in [2.45, 2.75) is 32.7 Å². The van der Waals surface area contributed by atoms with Crippen LogP contribution in [0.5, 0.6) is 0 Å². The number of carbonyl (C=O) groups is 2. The molecule has 23 heavy (non-hydrogen) atoms. The van der Waals surface area contributed by atoms with Gasteiger partial charge in [0.2, 0.25) is 0 Å². The zero-order chi connectivity index (χ0) is 17.0. The molecule has 1 aliphatic rings. The standard InChI is InChI=1S/C17H22N2O4/c1-3-7-17(16(22)23)8-5-9-19(12-17)15(21)13-6-10-18(4-2)14(20)11-13/h3,6,10-11H,1,4-5,7-9,12H2,2H3,(H,22,23). The van der Waals surface area contributed by atoms with E-state index in [1.807, 2.05) is 6.92 Å². The number of carboxylic acid groups (broad SMARTS) is 1. The summed E-state index contributed by atoms with van der Waals surface area (Å²) in [5, 5.41) is 9.56. The van der Waals surface area contributed by atoms with Crippen molar-refractivity contribution >= 4 is 11.9 Å². The molecule has 124 valence electrons. The number of allylic oxidation sites excluding steroid dienone is 1. The third-order valence-electron chi connectivity index (χ3n) is 4.44. The second-order valence-corrected chi connectivity index (χ2v) is 5.95. The Morgan fingerprint density at radius 3 is 2.78 bits per heavy atom. The maximum atomic E-state index is 12.6. The van der Waals surface area contributed by atoms with Crippen LogP contribution >= 0.6 is 0 Å². The van der Waals surface area contributed by atoms with Gasteiger partial charge in [-0.25, -0.2) is 0 Å². The van der Waals surface area contributed by atoms with Crippen molar-refractivity contribution in [2.24, 2.45) is 5.41 Å². The van der Waals surface area contributed by atoms with Gasteiger partial charge >= 0.3 is 5.97 Å². The summed E-state index contributed by atoms with van der Waals surface area (Å²) in [7, 11) is 0. The number of hydrogen-bond acceptors (Lipinski definition) is 3. The Hall–Kier alpha value is -2.37. The lowest BCUT2D eigenvalue weighted by molar-refractivity contribution is -0.151. The zero-order valence-corrected chi connectivity index (χ0v) is 13.3. The number of hydrogen-bond donors (Lipinski definition) is 1. The SMILES string of the molecule is C=CCC1(C(=O)O)CCCN(C(=O)c2ccn(CC)c(=O)c2)C1. The zero-order valence-electron chi connectivity index (χ0n) is 13.3. The molecule has 1 fully saturated rings. The van der Waals surface area contributed by atoms with Crippen molar-refractivity contribution in [3.05, 3.63) is 46.9 Å². The van der Waals surface area contributed by atoms with Crippen molar-refractivity contribution in [2.75, 3.05) is 13.1 Å². The van der Waals surface area contributed by atoms with Crippen LogP contribution in [0.3, 0.4) is 0 Å². The quantitative estimate of drug-likeness (QED) is 0.839. The molecule has 1 saturated heterocycles. The van der Waals surface area contributed by atoms with E-state index < -0.39 is 11.4 Å². The van der Waals surface area contributed by atoms with E-state index in [1.165, 1.54) is 15.5 Å². The number of aryl methyl sites for hydroxylation is 1. The molecule has 1 atom stereocenters. The van der Waals surface area contributed by atoms with Crippen LogP contribution in [0.25, 0.3) is 0 Å². The number of aromatic nitrogens is 1. The molecule has 0 spiro atoms. The molecule has 0 aromatic carbocycles. The van der Waals surface area contributed by atoms with Gasteiger partial charge in [0.05, 0.1) is 5.41 Å². The van der Waals surface area contributed by atoms with E-state index in [1.54, 1.807) is 18.3 Å². The largest absolute Gasteiger partial charge is 0.481 e. The number of likely N-dealkylation sites (tertiary alicyclic amines) is 1. The number of rotatable bonds is 5. The van der Waals surface area contributed by atoms with Gasteiger partial charge in [-0.2, -0.15) is 0 Å². The van der Waals surface area contributed by atoms with Crippen molar-refractivity contribution in [1.82, 2.24) is 9.47 Å². The number of nitrogens with zero attached hydrogens (tertiary/aromatic N) is 2. The highest BCUT2D eigenvalue weighted by Crippen LogP contribution is 2.34. The van der Waals surface area contributed by atoms with Crippen LogP contribution in [0.15, 0.2) is 35.8 Å². The average Bonchev–Trinajstić information content (AvgIpc) is 2.54. The van der Waals surface area contributed by atoms with Crippen LogP contribution in [0.2, 0.25) is 0 Å². The van der Waals surface area contributed by atoms with Gasteiger partial charge in [-0.1, -0.05) is 6.08 Å². The van der Waals surface area contributed by atoms with Gasteiger partial charge in [0, 0.05) is 37.5 Å². The van der Waals surface area contributed by atoms with E-state index in [2.05, 4.69) is 6.58 Å². The van der Waals surface area contributed by atoms with Crippen LogP contribution in [-0.2, 0) is 11.3 Å². The Morgan fingerprint density at radius 2 is 2.22 bits per heavy atom. The summed E-state index contributed by atoms with van der Waals surface area (Å²) in [5.41, 5.74) is -0.904. The van der Waals surface area contributed by atoms with E-state index in [0.717, 1.165) is 0 Å². The number of carbonyl (C=O) groups excluding carboxylic acids is 1. The summed E-state index contributed by atoms with van der Waals surface area (Å²) in [5.74, 6) is -1.20. The van der Waals surface area contributed by atoms with Crippen LogP contribution in [0.1, 0.15) is 36.5 Å². The summed E-state index contributed by atoms with van der Waals surface area (Å²) < 4.78 is 1.51. The maximum absolute atomic E-state index is 12.6. The van der Waals surface area contributed by atoms with Crippen LogP contribution in [0, 0.1) is 5.41 Å². The Balaban J connectivity index is 2.25. The maximum Gasteiger partial charge on any atom is 0.311 e. The Labute approximate surface area is 135 Å². The smallest absolute Gasteiger partial charge is 0.311 e. The van der Waals surface area contributed by atoms with Crippen molar-refractivity contribution in [3.8, 4) is 0 Å². The van der Waals surface area contributed by atoms with Crippen LogP contribution < -0.4 is 5.56 Å². The molecule has 2 heterocycles. The monoisotopic (exact) mass is 318 g/mol. The molecule has 1 aliphatic heterocycles. The molecule has 1 N–H and O–H groups in total. The number of piperidine rings is 1. The first-order valence-electron chi connectivity index (χ1n) is 7.77. The van der Waals surface area contributed by atoms with Gasteiger partial charge in [-0.05, 0) is 32.3 Å². The highest BCUT2D eigenvalue weighted by atomic mass is 16.4. The molecule has 6 nitrogen and oxygen atoms in total. The second kappa shape index (κ2) is 6.81. The summed E-state index contributed by atoms with van der Waals surface area (Å²) >= 11 is 0. The third-order valence-corrected chi connectivity index (χ3v) is 4.44. The van der Waals surface area contributed by atoms with E-state index in [-0.39, 0.29) is 18.0 Å². The summed E-state index contributed by atoms with van der Waals surface area (Å²) in [6, 6.07) is 2.92. The van der Waals surface area contributed by atoms with Gasteiger partial charge in [0.15, 0.2) is 0 Å². The van der Waals surface area contributed by atoms with Gasteiger partial charge < -0.3 is 14.6 Å². The molecule has 0 radical (unpaired) electrons. The summed E-state index contributed by atoms with van der Waals surface area (Å²) in [6.07, 6.45) is 4.65. The number of aliphatic carboxylic acids is 1. The van der Waals surface area contributed by atoms with Crippen molar-refractivity contribution < 1.29 is 14.7 Å². The Kier molecular flexibility index (Phi) is 5.03. The van der Waals surface area contributed by atoms with E-state index in [4.69, 9.17) is 0 Å². The fourth-order valence-corrected chi connectivity index (χ4v) is 3.09. The molecular formula is C17H22N2O4. The highest BCUT2D eigenvalue weighted by Gasteiger charge is 2.42. The third kappa shape index (κ3) is 3.36. The molecule has 0 bridgehead atoms. The lowest BCUT2D eigenvalue weighted by Crippen LogP contribution is -2.49. The Morgan fingerprint density at radius 1 is 1.48 bits per heavy atom. The fraction of sp³-hybridized carbons (Fsp3) is 0.471. The average molecular weight is 318 g/mol. The van der Waals surface area contributed by atoms with E-state index in [9.17, 15) is 19.5 Å². The number of carboxylic acids is 1. The van der Waals surface area contributed by atoms with Gasteiger partial charge in [-0.3, -0.25) is 14.4 Å². The molecule has 0 aliphatic carbocycles. The van der Waals surface area contributed by atoms with Crippen LogP contribution in [0.4, 0.5) is 0 Å². The molecule has 1 unspecified atom stereocenters. The fourth-order valence-electron chi connectivity index (χ4n) is 3.09. The van der Waals surface area contributed by atoms with Gasteiger partial charge in [0.25, 0.3) is 11.5 Å². The van der Waals surface area contributed by atoms with Crippen molar-refractivity contribution in [3.63, 3.8) is 0 Å². The molecule has 2 rings (SSSR count). The lowest BCUT2D eigenvalue weighted by atomic mass is 9.77. The predicted octanol–water partition coefficient (Wildman–Crippen LogP) is 1.75. The molecule has 1 amide bonds. The van der Waals surface area contributed by atoms with E-state index in [0.29, 0.717) is 37.9 Å². The summed E-state index contributed by atoms with van der Waals surface area (Å²) in [6.45, 7) is 6.67. The summed E-state index contributed by atoms with van der Waals surface area (Å²) in [4.78, 5) is 37.7. The first-order chi connectivity index (χ1) is 10.9. The second-order valence-electron chi connectivity index (χ2n) is 5.95. The number of amides is 1. The van der Waals surface area contributed by atoms with Crippen LogP contribution in [-0.4, -0.2) is 39.5 Å². The minimum absolute atomic E-state index is 0.143. The minimum Gasteiger partial charge on any atom is -0.481 e. The lowest BCUT2D eigenvalue weighted by Gasteiger charge is -2.39. The topological polar surface area (TPSA) is 79.6 Å². The molecule has 1 aromatic rings. The Bertz CT molecular complexity index is 679. The minimum atomic E-state index is -0.978. The first kappa shape index (κ1) is 17.0. The van der Waals surface area contributed by atoms with Gasteiger partial charge in [-0.15, -0.1) is 6.58 Å². The molecule has 0 saturated carbocycles. The molecule has 1 aromatic heterocycles. The number of pyridine rings is 1. The van der Waals surface area contributed by atoms with Crippen molar-refractivity contribution in [1.29, 1.82) is 0 Å². The highest BCUT2D eigenvalue weighted by molar-refractivity contribution is 5.94.